The van der Waals surface area contributed by atoms with Gasteiger partial charge in [-0.15, -0.1) is 0 Å². The maximum atomic E-state index is 6.30. The lowest BCUT2D eigenvalue weighted by Gasteiger charge is -2.10. The molecule has 4 aromatic heterocycles. The molecule has 0 amide bonds. The zero-order valence-electron chi connectivity index (χ0n) is 31.2. The van der Waals surface area contributed by atoms with Crippen LogP contribution in [0.4, 0.5) is 0 Å². The predicted molar refractivity (Wildman–Crippen MR) is 241 cm³/mol. The number of hydrogen-bond acceptors (Lipinski definition) is 2. The maximum absolute atomic E-state index is 6.30. The number of rotatable bonds is 4. The zero-order chi connectivity index (χ0) is 37.9. The molecule has 0 atom stereocenters. The van der Waals surface area contributed by atoms with Gasteiger partial charge in [0.2, 0.25) is 0 Å². The number of fused-ring (bicyclic) bond motifs is 13. The Hall–Kier alpha value is -7.82. The lowest BCUT2D eigenvalue weighted by atomic mass is 9.96. The van der Waals surface area contributed by atoms with Gasteiger partial charge in [-0.1, -0.05) is 115 Å². The van der Waals surface area contributed by atoms with Crippen molar-refractivity contribution in [3.63, 3.8) is 0 Å². The number of benzene rings is 9. The van der Waals surface area contributed by atoms with Crippen molar-refractivity contribution in [3.8, 4) is 33.6 Å². The Bertz CT molecular complexity index is 3780. The molecule has 0 saturated carbocycles. The second-order valence-electron chi connectivity index (χ2n) is 15.2. The van der Waals surface area contributed by atoms with E-state index in [1.807, 2.05) is 24.3 Å². The minimum atomic E-state index is 0.885. The molecule has 0 saturated heterocycles. The molecule has 13 rings (SSSR count). The van der Waals surface area contributed by atoms with Crippen LogP contribution in [0.2, 0.25) is 0 Å². The standard InChI is InChI=1S/C54H32N2O2/c1-2-11-33(12-3-1)34-21-24-36(25-22-34)55-44-17-7-4-15-41(44)53-46(55)27-28-47-54(53)52-38(35-23-29-50-42(31-35)39-13-5-8-19-48(39)57-50)16-10-18-45(52)56(47)37-26-30-51-43(32-37)40-14-6-9-20-49(40)58-51/h1-32H. The Morgan fingerprint density at radius 1 is 0.276 bits per heavy atom. The van der Waals surface area contributed by atoms with Gasteiger partial charge in [0.25, 0.3) is 0 Å². The van der Waals surface area contributed by atoms with Crippen molar-refractivity contribution >= 4 is 87.5 Å². The van der Waals surface area contributed by atoms with Crippen LogP contribution >= 0.6 is 0 Å². The summed E-state index contributed by atoms with van der Waals surface area (Å²) in [6.45, 7) is 0. The number of para-hydroxylation sites is 3. The van der Waals surface area contributed by atoms with E-state index in [1.165, 1.54) is 49.3 Å². The predicted octanol–water partition coefficient (Wildman–Crippen LogP) is 15.0. The van der Waals surface area contributed by atoms with E-state index in [9.17, 15) is 0 Å². The first kappa shape index (κ1) is 31.4. The Morgan fingerprint density at radius 3 is 1.55 bits per heavy atom. The van der Waals surface area contributed by atoms with Crippen LogP contribution in [0.25, 0.3) is 121 Å². The van der Waals surface area contributed by atoms with E-state index in [2.05, 4.69) is 179 Å². The van der Waals surface area contributed by atoms with Gasteiger partial charge in [0.05, 0.1) is 22.1 Å². The summed E-state index contributed by atoms with van der Waals surface area (Å²) in [6, 6.07) is 69.7. The molecular weight excluding hydrogens is 709 g/mol. The third-order valence-electron chi connectivity index (χ3n) is 12.1. The first-order valence-electron chi connectivity index (χ1n) is 19.8. The maximum Gasteiger partial charge on any atom is 0.135 e. The van der Waals surface area contributed by atoms with Crippen molar-refractivity contribution in [3.05, 3.63) is 194 Å². The lowest BCUT2D eigenvalue weighted by molar-refractivity contribution is 0.668. The average Bonchev–Trinajstić information content (AvgIpc) is 4.04. The highest BCUT2D eigenvalue weighted by Crippen LogP contribution is 2.46. The van der Waals surface area contributed by atoms with Crippen LogP contribution in [0.15, 0.2) is 203 Å². The molecular formula is C54H32N2O2. The molecule has 0 radical (unpaired) electrons. The minimum absolute atomic E-state index is 0.885. The van der Waals surface area contributed by atoms with Gasteiger partial charge in [-0.2, -0.15) is 0 Å². The van der Waals surface area contributed by atoms with E-state index in [0.717, 1.165) is 71.8 Å². The van der Waals surface area contributed by atoms with Gasteiger partial charge in [0.15, 0.2) is 0 Å². The van der Waals surface area contributed by atoms with Crippen LogP contribution in [0.3, 0.4) is 0 Å². The van der Waals surface area contributed by atoms with E-state index >= 15 is 0 Å². The summed E-state index contributed by atoms with van der Waals surface area (Å²) >= 11 is 0. The number of furan rings is 2. The Labute approximate surface area is 332 Å². The fourth-order valence-corrected chi connectivity index (χ4v) is 9.59. The molecule has 0 N–H and O–H groups in total. The Kier molecular flexibility index (Phi) is 6.41. The fourth-order valence-electron chi connectivity index (χ4n) is 9.59. The van der Waals surface area contributed by atoms with E-state index in [1.54, 1.807) is 0 Å². The van der Waals surface area contributed by atoms with Crippen molar-refractivity contribution in [2.45, 2.75) is 0 Å². The topological polar surface area (TPSA) is 36.1 Å². The number of nitrogens with zero attached hydrogens (tertiary/aromatic N) is 2. The molecule has 58 heavy (non-hydrogen) atoms. The second-order valence-corrected chi connectivity index (χ2v) is 15.2. The molecule has 4 heterocycles. The molecule has 0 aliphatic rings. The van der Waals surface area contributed by atoms with Crippen molar-refractivity contribution < 1.29 is 8.83 Å². The smallest absolute Gasteiger partial charge is 0.135 e. The zero-order valence-corrected chi connectivity index (χ0v) is 31.2. The monoisotopic (exact) mass is 740 g/mol. The third-order valence-corrected chi connectivity index (χ3v) is 12.1. The van der Waals surface area contributed by atoms with Gasteiger partial charge in [-0.25, -0.2) is 0 Å². The summed E-state index contributed by atoms with van der Waals surface area (Å²) in [4.78, 5) is 0. The van der Waals surface area contributed by atoms with Crippen molar-refractivity contribution in [2.24, 2.45) is 0 Å². The van der Waals surface area contributed by atoms with Crippen LogP contribution in [0.1, 0.15) is 0 Å². The van der Waals surface area contributed by atoms with E-state index in [-0.39, 0.29) is 0 Å². The lowest BCUT2D eigenvalue weighted by Crippen LogP contribution is -1.95. The molecule has 0 aliphatic heterocycles. The summed E-state index contributed by atoms with van der Waals surface area (Å²) in [5.41, 5.74) is 15.2. The van der Waals surface area contributed by atoms with Gasteiger partial charge in [-0.3, -0.25) is 0 Å². The summed E-state index contributed by atoms with van der Waals surface area (Å²) in [7, 11) is 0. The fraction of sp³-hybridized carbons (Fsp3) is 0. The summed E-state index contributed by atoms with van der Waals surface area (Å²) in [5, 5.41) is 9.37. The largest absolute Gasteiger partial charge is 0.456 e. The summed E-state index contributed by atoms with van der Waals surface area (Å²) in [5.74, 6) is 0. The highest BCUT2D eigenvalue weighted by molar-refractivity contribution is 6.31. The van der Waals surface area contributed by atoms with Crippen LogP contribution in [0, 0.1) is 0 Å². The Balaban J connectivity index is 1.14. The highest BCUT2D eigenvalue weighted by atomic mass is 16.3. The number of hydrogen-bond donors (Lipinski definition) is 0. The SMILES string of the molecule is c1ccc(-c2ccc(-n3c4ccccc4c4c5c6c(-c7ccc8oc9ccccc9c8c7)cccc6n(-c6ccc7oc8ccccc8c7c6)c5ccc43)cc2)cc1. The Morgan fingerprint density at radius 2 is 0.793 bits per heavy atom. The molecule has 4 heteroatoms. The molecule has 0 unspecified atom stereocenters. The summed E-state index contributed by atoms with van der Waals surface area (Å²) < 4.78 is 17.5. The molecule has 13 aromatic rings. The molecule has 0 aliphatic carbocycles. The highest BCUT2D eigenvalue weighted by Gasteiger charge is 2.23. The van der Waals surface area contributed by atoms with E-state index < -0.39 is 0 Å². The quantitative estimate of drug-likeness (QED) is 0.180. The van der Waals surface area contributed by atoms with Crippen LogP contribution in [-0.2, 0) is 0 Å². The molecule has 270 valence electrons. The van der Waals surface area contributed by atoms with Crippen LogP contribution < -0.4 is 0 Å². The average molecular weight is 741 g/mol. The molecule has 4 nitrogen and oxygen atoms in total. The van der Waals surface area contributed by atoms with E-state index in [0.29, 0.717) is 0 Å². The molecule has 9 aromatic carbocycles. The van der Waals surface area contributed by atoms with Gasteiger partial charge in [-0.05, 0) is 101 Å². The molecule has 0 spiro atoms. The van der Waals surface area contributed by atoms with Gasteiger partial charge in [0, 0.05) is 54.5 Å². The van der Waals surface area contributed by atoms with Crippen molar-refractivity contribution in [1.82, 2.24) is 9.13 Å². The van der Waals surface area contributed by atoms with Gasteiger partial charge >= 0.3 is 0 Å². The van der Waals surface area contributed by atoms with Crippen LogP contribution in [-0.4, -0.2) is 9.13 Å². The first-order valence-corrected chi connectivity index (χ1v) is 19.8. The van der Waals surface area contributed by atoms with Gasteiger partial charge in [0.1, 0.15) is 22.3 Å². The third kappa shape index (κ3) is 4.40. The van der Waals surface area contributed by atoms with E-state index in [4.69, 9.17) is 8.83 Å². The molecule has 0 fully saturated rings. The van der Waals surface area contributed by atoms with Crippen molar-refractivity contribution in [2.75, 3.05) is 0 Å². The number of aromatic nitrogens is 2. The molecule has 0 bridgehead atoms. The first-order chi connectivity index (χ1) is 28.8. The second kappa shape index (κ2) is 11.8. The minimum Gasteiger partial charge on any atom is -0.456 e. The summed E-state index contributed by atoms with van der Waals surface area (Å²) in [6.07, 6.45) is 0. The van der Waals surface area contributed by atoms with Crippen LogP contribution in [0.5, 0.6) is 0 Å². The van der Waals surface area contributed by atoms with Crippen molar-refractivity contribution in [1.29, 1.82) is 0 Å². The normalized spacial score (nSPS) is 12.1. The van der Waals surface area contributed by atoms with Gasteiger partial charge < -0.3 is 18.0 Å².